The van der Waals surface area contributed by atoms with Crippen molar-refractivity contribution in [3.05, 3.63) is 0 Å². The Kier molecular flexibility index (Phi) is 6.50. The van der Waals surface area contributed by atoms with Crippen LogP contribution in [0.2, 0.25) is 0 Å². The number of unbranched alkanes of at least 4 members (excludes halogenated alkanes) is 2. The molecule has 1 fully saturated rings. The van der Waals surface area contributed by atoms with Crippen LogP contribution in [0, 0.1) is 5.41 Å². The Morgan fingerprint density at radius 1 is 1.18 bits per heavy atom. The van der Waals surface area contributed by atoms with Crippen LogP contribution >= 0.6 is 0 Å². The first kappa shape index (κ1) is 15.0. The van der Waals surface area contributed by atoms with Crippen molar-refractivity contribution in [3.63, 3.8) is 0 Å². The Labute approximate surface area is 108 Å². The second kappa shape index (κ2) is 7.38. The van der Waals surface area contributed by atoms with Crippen LogP contribution in [0.15, 0.2) is 0 Å². The van der Waals surface area contributed by atoms with Crippen LogP contribution in [0.25, 0.3) is 0 Å². The summed E-state index contributed by atoms with van der Waals surface area (Å²) in [6.07, 6.45) is 6.87. The smallest absolute Gasteiger partial charge is 0.00327 e. The molecule has 0 unspecified atom stereocenters. The zero-order chi connectivity index (χ0) is 12.7. The molecular formula is C15H32N2. The van der Waals surface area contributed by atoms with Crippen LogP contribution in [-0.2, 0) is 0 Å². The number of piperidine rings is 1. The largest absolute Gasteiger partial charge is 0.315 e. The van der Waals surface area contributed by atoms with Crippen molar-refractivity contribution >= 4 is 0 Å². The van der Waals surface area contributed by atoms with Gasteiger partial charge in [0.25, 0.3) is 0 Å². The summed E-state index contributed by atoms with van der Waals surface area (Å²) in [7, 11) is 0. The molecule has 2 nitrogen and oxygen atoms in total. The minimum Gasteiger partial charge on any atom is -0.315 e. The fourth-order valence-corrected chi connectivity index (χ4v) is 2.76. The minimum absolute atomic E-state index is 0.553. The van der Waals surface area contributed by atoms with E-state index in [-0.39, 0.29) is 0 Å². The molecule has 1 aliphatic rings. The maximum absolute atomic E-state index is 3.48. The highest BCUT2D eigenvalue weighted by Crippen LogP contribution is 2.28. The topological polar surface area (TPSA) is 15.3 Å². The number of nitrogens with one attached hydrogen (secondary N) is 1. The molecule has 0 bridgehead atoms. The van der Waals surface area contributed by atoms with Gasteiger partial charge in [0.15, 0.2) is 0 Å². The summed E-state index contributed by atoms with van der Waals surface area (Å²) >= 11 is 0. The van der Waals surface area contributed by atoms with Crippen molar-refractivity contribution in [2.24, 2.45) is 5.41 Å². The van der Waals surface area contributed by atoms with E-state index >= 15 is 0 Å². The highest BCUT2D eigenvalue weighted by Gasteiger charge is 2.25. The third-order valence-corrected chi connectivity index (χ3v) is 3.68. The van der Waals surface area contributed by atoms with E-state index in [1.54, 1.807) is 0 Å². The van der Waals surface area contributed by atoms with Gasteiger partial charge in [-0.3, -0.25) is 0 Å². The third-order valence-electron chi connectivity index (χ3n) is 3.68. The molecule has 0 saturated carbocycles. The summed E-state index contributed by atoms with van der Waals surface area (Å²) in [5.41, 5.74) is 0.553. The molecule has 0 aliphatic carbocycles. The fourth-order valence-electron chi connectivity index (χ4n) is 2.76. The van der Waals surface area contributed by atoms with Crippen LogP contribution < -0.4 is 5.32 Å². The molecule has 0 atom stereocenters. The molecule has 1 heterocycles. The van der Waals surface area contributed by atoms with Crippen molar-refractivity contribution in [2.75, 3.05) is 26.2 Å². The van der Waals surface area contributed by atoms with E-state index in [0.29, 0.717) is 11.5 Å². The molecule has 0 amide bonds. The Morgan fingerprint density at radius 2 is 1.94 bits per heavy atom. The fraction of sp³-hybridized carbons (Fsp3) is 1.00. The summed E-state index contributed by atoms with van der Waals surface area (Å²) in [4.78, 5) is 2.67. The molecule has 0 radical (unpaired) electrons. The van der Waals surface area contributed by atoms with Gasteiger partial charge in [-0.25, -0.2) is 0 Å². The summed E-state index contributed by atoms with van der Waals surface area (Å²) < 4.78 is 0. The quantitative estimate of drug-likeness (QED) is 0.687. The van der Waals surface area contributed by atoms with Crippen molar-refractivity contribution in [3.8, 4) is 0 Å². The minimum atomic E-state index is 0.553. The van der Waals surface area contributed by atoms with Crippen LogP contribution in [0.1, 0.15) is 59.8 Å². The lowest BCUT2D eigenvalue weighted by Gasteiger charge is -2.38. The number of likely N-dealkylation sites (tertiary alicyclic amines) is 1. The predicted molar refractivity (Wildman–Crippen MR) is 76.4 cm³/mol. The molecular weight excluding hydrogens is 208 g/mol. The van der Waals surface area contributed by atoms with Gasteiger partial charge in [0.05, 0.1) is 0 Å². The molecule has 17 heavy (non-hydrogen) atoms. The van der Waals surface area contributed by atoms with Crippen molar-refractivity contribution < 1.29 is 0 Å². The Hall–Kier alpha value is -0.0800. The summed E-state index contributed by atoms with van der Waals surface area (Å²) in [5.74, 6) is 0. The molecule has 0 aromatic heterocycles. The molecule has 0 aromatic carbocycles. The van der Waals surface area contributed by atoms with Gasteiger partial charge in [-0.05, 0) is 50.7 Å². The zero-order valence-electron chi connectivity index (χ0n) is 12.4. The van der Waals surface area contributed by atoms with E-state index in [2.05, 4.69) is 37.9 Å². The van der Waals surface area contributed by atoms with E-state index in [1.165, 1.54) is 58.3 Å². The first-order chi connectivity index (χ1) is 7.99. The maximum Gasteiger partial charge on any atom is 0.00327 e. The van der Waals surface area contributed by atoms with Gasteiger partial charge >= 0.3 is 0 Å². The van der Waals surface area contributed by atoms with Crippen LogP contribution in [0.3, 0.4) is 0 Å². The van der Waals surface area contributed by atoms with Crippen molar-refractivity contribution in [1.82, 2.24) is 10.2 Å². The van der Waals surface area contributed by atoms with Gasteiger partial charge < -0.3 is 10.2 Å². The molecule has 0 aromatic rings. The van der Waals surface area contributed by atoms with E-state index in [0.717, 1.165) is 0 Å². The van der Waals surface area contributed by atoms with Crippen LogP contribution in [-0.4, -0.2) is 37.1 Å². The molecule has 1 N–H and O–H groups in total. The molecule has 0 spiro atoms. The summed E-state index contributed by atoms with van der Waals surface area (Å²) in [6, 6.07) is 0.637. The standard InChI is InChI=1S/C15H32N2/c1-14(2)16-10-6-5-7-11-17-12-8-9-15(3,4)13-17/h14,16H,5-13H2,1-4H3. The SMILES string of the molecule is CC(C)NCCCCCN1CCCC(C)(C)C1. The Balaban J connectivity index is 1.99. The van der Waals surface area contributed by atoms with E-state index in [9.17, 15) is 0 Å². The number of nitrogens with zero attached hydrogens (tertiary/aromatic N) is 1. The second-order valence-electron chi connectivity index (χ2n) is 6.71. The lowest BCUT2D eigenvalue weighted by Crippen LogP contribution is -2.40. The maximum atomic E-state index is 3.48. The first-order valence-corrected chi connectivity index (χ1v) is 7.45. The second-order valence-corrected chi connectivity index (χ2v) is 6.71. The monoisotopic (exact) mass is 240 g/mol. The van der Waals surface area contributed by atoms with Crippen LogP contribution in [0.5, 0.6) is 0 Å². The highest BCUT2D eigenvalue weighted by molar-refractivity contribution is 4.79. The first-order valence-electron chi connectivity index (χ1n) is 7.45. The van der Waals surface area contributed by atoms with Crippen molar-refractivity contribution in [1.29, 1.82) is 0 Å². The molecule has 1 aliphatic heterocycles. The third kappa shape index (κ3) is 7.05. The lowest BCUT2D eigenvalue weighted by atomic mass is 9.84. The number of hydrogen-bond donors (Lipinski definition) is 1. The Bertz CT molecular complexity index is 199. The van der Waals surface area contributed by atoms with Gasteiger partial charge in [-0.15, -0.1) is 0 Å². The van der Waals surface area contributed by atoms with E-state index in [1.807, 2.05) is 0 Å². The van der Waals surface area contributed by atoms with Gasteiger partial charge in [-0.2, -0.15) is 0 Å². The number of rotatable bonds is 7. The Morgan fingerprint density at radius 3 is 2.59 bits per heavy atom. The molecule has 102 valence electrons. The predicted octanol–water partition coefficient (Wildman–Crippen LogP) is 3.28. The molecule has 2 heteroatoms. The van der Waals surface area contributed by atoms with Gasteiger partial charge in [0.2, 0.25) is 0 Å². The van der Waals surface area contributed by atoms with Gasteiger partial charge in [0.1, 0.15) is 0 Å². The van der Waals surface area contributed by atoms with E-state index < -0.39 is 0 Å². The zero-order valence-corrected chi connectivity index (χ0v) is 12.4. The average Bonchev–Trinajstić information content (AvgIpc) is 2.21. The van der Waals surface area contributed by atoms with Gasteiger partial charge in [-0.1, -0.05) is 34.1 Å². The van der Waals surface area contributed by atoms with Gasteiger partial charge in [0, 0.05) is 12.6 Å². The highest BCUT2D eigenvalue weighted by atomic mass is 15.1. The summed E-state index contributed by atoms with van der Waals surface area (Å²) in [6.45, 7) is 14.4. The number of hydrogen-bond acceptors (Lipinski definition) is 2. The molecule has 1 rings (SSSR count). The average molecular weight is 240 g/mol. The van der Waals surface area contributed by atoms with Crippen LogP contribution in [0.4, 0.5) is 0 Å². The van der Waals surface area contributed by atoms with E-state index in [4.69, 9.17) is 0 Å². The normalized spacial score (nSPS) is 21.0. The molecule has 1 saturated heterocycles. The van der Waals surface area contributed by atoms with Crippen molar-refractivity contribution in [2.45, 2.75) is 65.8 Å². The summed E-state index contributed by atoms with van der Waals surface area (Å²) in [5, 5.41) is 3.48. The lowest BCUT2D eigenvalue weighted by molar-refractivity contribution is 0.116.